The zero-order valence-corrected chi connectivity index (χ0v) is 8.39. The van der Waals surface area contributed by atoms with Gasteiger partial charge in [-0.1, -0.05) is 24.3 Å². The van der Waals surface area contributed by atoms with Gasteiger partial charge in [0.25, 0.3) is 0 Å². The normalized spacial score (nSPS) is 9.81. The van der Waals surface area contributed by atoms with Gasteiger partial charge in [0.1, 0.15) is 11.6 Å². The molecule has 0 aliphatic rings. The molecule has 0 radical (unpaired) electrons. The summed E-state index contributed by atoms with van der Waals surface area (Å²) in [7, 11) is 0. The van der Waals surface area contributed by atoms with Crippen molar-refractivity contribution in [3.63, 3.8) is 0 Å². The Labute approximate surface area is 92.3 Å². The summed E-state index contributed by atoms with van der Waals surface area (Å²) in [5.74, 6) is -0.724. The Balaban J connectivity index is 2.14. The summed E-state index contributed by atoms with van der Waals surface area (Å²) in [5.41, 5.74) is 0.437. The zero-order chi connectivity index (χ0) is 11.4. The molecule has 2 aromatic carbocycles. The molecule has 2 nitrogen and oxygen atoms in total. The summed E-state index contributed by atoms with van der Waals surface area (Å²) in [4.78, 5) is 11.6. The van der Waals surface area contributed by atoms with E-state index >= 15 is 0 Å². The average molecular weight is 216 g/mol. The second-order valence-corrected chi connectivity index (χ2v) is 3.21. The molecule has 80 valence electrons. The lowest BCUT2D eigenvalue weighted by Crippen LogP contribution is -2.08. The van der Waals surface area contributed by atoms with E-state index in [1.54, 1.807) is 30.3 Å². The molecule has 0 aliphatic heterocycles. The van der Waals surface area contributed by atoms with Crippen LogP contribution in [0.3, 0.4) is 0 Å². The highest BCUT2D eigenvalue weighted by atomic mass is 19.1. The molecule has 0 amide bonds. The minimum absolute atomic E-state index is 0.203. The molecular formula is C13H9FO2. The summed E-state index contributed by atoms with van der Waals surface area (Å²) in [6, 6.07) is 14.0. The van der Waals surface area contributed by atoms with Gasteiger partial charge in [-0.2, -0.15) is 0 Å². The maximum atomic E-state index is 12.8. The van der Waals surface area contributed by atoms with Crippen LogP contribution in [0.4, 0.5) is 4.39 Å². The van der Waals surface area contributed by atoms with Crippen LogP contribution in [0.2, 0.25) is 0 Å². The number of halogens is 1. The molecule has 0 saturated heterocycles. The molecule has 0 spiro atoms. The summed E-state index contributed by atoms with van der Waals surface area (Å²) >= 11 is 0. The van der Waals surface area contributed by atoms with Crippen molar-refractivity contribution in [1.29, 1.82) is 0 Å². The van der Waals surface area contributed by atoms with Crippen LogP contribution in [0, 0.1) is 5.82 Å². The van der Waals surface area contributed by atoms with E-state index in [-0.39, 0.29) is 5.75 Å². The molecule has 0 atom stereocenters. The Morgan fingerprint density at radius 2 is 1.75 bits per heavy atom. The van der Waals surface area contributed by atoms with E-state index in [0.29, 0.717) is 5.56 Å². The minimum Gasteiger partial charge on any atom is -0.423 e. The van der Waals surface area contributed by atoms with Crippen molar-refractivity contribution in [2.45, 2.75) is 0 Å². The third kappa shape index (κ3) is 2.45. The van der Waals surface area contributed by atoms with E-state index in [1.807, 2.05) is 0 Å². The minimum atomic E-state index is -0.494. The van der Waals surface area contributed by atoms with Crippen molar-refractivity contribution in [2.75, 3.05) is 0 Å². The predicted molar refractivity (Wildman–Crippen MR) is 57.8 cm³/mol. The van der Waals surface area contributed by atoms with Gasteiger partial charge in [-0.3, -0.25) is 0 Å². The van der Waals surface area contributed by atoms with Gasteiger partial charge in [-0.05, 0) is 24.3 Å². The Morgan fingerprint density at radius 1 is 1.00 bits per heavy atom. The molecule has 0 bridgehead atoms. The number of carbonyl (C=O) groups is 1. The molecule has 2 rings (SSSR count). The van der Waals surface area contributed by atoms with E-state index in [9.17, 15) is 9.18 Å². The SMILES string of the molecule is O=C(Oc1cccc(F)c1)c1ccccc1. The van der Waals surface area contributed by atoms with Crippen LogP contribution < -0.4 is 4.74 Å². The van der Waals surface area contributed by atoms with Crippen LogP contribution >= 0.6 is 0 Å². The van der Waals surface area contributed by atoms with E-state index in [0.717, 1.165) is 0 Å². The Bertz CT molecular complexity index is 494. The third-order valence-corrected chi connectivity index (χ3v) is 2.02. The zero-order valence-electron chi connectivity index (χ0n) is 8.39. The van der Waals surface area contributed by atoms with Crippen LogP contribution in [-0.2, 0) is 0 Å². The second kappa shape index (κ2) is 4.57. The van der Waals surface area contributed by atoms with Gasteiger partial charge >= 0.3 is 5.97 Å². The molecule has 0 aromatic heterocycles. The van der Waals surface area contributed by atoms with Crippen LogP contribution in [0.25, 0.3) is 0 Å². The van der Waals surface area contributed by atoms with Crippen LogP contribution in [0.15, 0.2) is 54.6 Å². The van der Waals surface area contributed by atoms with Crippen molar-refractivity contribution in [2.24, 2.45) is 0 Å². The first-order valence-corrected chi connectivity index (χ1v) is 4.78. The first kappa shape index (κ1) is 10.4. The van der Waals surface area contributed by atoms with E-state index in [4.69, 9.17) is 4.74 Å². The van der Waals surface area contributed by atoms with Gasteiger partial charge in [0, 0.05) is 6.07 Å². The Hall–Kier alpha value is -2.16. The smallest absolute Gasteiger partial charge is 0.343 e. The maximum Gasteiger partial charge on any atom is 0.343 e. The fourth-order valence-corrected chi connectivity index (χ4v) is 1.27. The highest BCUT2D eigenvalue weighted by Crippen LogP contribution is 2.14. The van der Waals surface area contributed by atoms with Crippen LogP contribution in [0.5, 0.6) is 5.75 Å². The molecule has 0 saturated carbocycles. The van der Waals surface area contributed by atoms with Gasteiger partial charge < -0.3 is 4.74 Å². The largest absolute Gasteiger partial charge is 0.423 e. The molecule has 0 N–H and O–H groups in total. The van der Waals surface area contributed by atoms with E-state index in [2.05, 4.69) is 0 Å². The molecule has 2 aromatic rings. The highest BCUT2D eigenvalue weighted by molar-refractivity contribution is 5.90. The summed E-state index contributed by atoms with van der Waals surface area (Å²) in [6.07, 6.45) is 0. The highest BCUT2D eigenvalue weighted by Gasteiger charge is 2.07. The summed E-state index contributed by atoms with van der Waals surface area (Å²) in [5, 5.41) is 0. The summed E-state index contributed by atoms with van der Waals surface area (Å²) in [6.45, 7) is 0. The predicted octanol–water partition coefficient (Wildman–Crippen LogP) is 3.04. The van der Waals surface area contributed by atoms with E-state index in [1.165, 1.54) is 24.3 Å². The molecule has 3 heteroatoms. The number of rotatable bonds is 2. The van der Waals surface area contributed by atoms with Crippen molar-refractivity contribution >= 4 is 5.97 Å². The van der Waals surface area contributed by atoms with Crippen molar-refractivity contribution < 1.29 is 13.9 Å². The van der Waals surface area contributed by atoms with Crippen LogP contribution in [0.1, 0.15) is 10.4 Å². The van der Waals surface area contributed by atoms with Crippen LogP contribution in [-0.4, -0.2) is 5.97 Å². The number of hydrogen-bond acceptors (Lipinski definition) is 2. The average Bonchev–Trinajstić information content (AvgIpc) is 2.30. The van der Waals surface area contributed by atoms with Crippen molar-refractivity contribution in [3.8, 4) is 5.75 Å². The maximum absolute atomic E-state index is 12.8. The molecule has 0 fully saturated rings. The Kier molecular flexibility index (Phi) is 2.96. The molecular weight excluding hydrogens is 207 g/mol. The molecule has 0 aliphatic carbocycles. The first-order valence-electron chi connectivity index (χ1n) is 4.78. The fourth-order valence-electron chi connectivity index (χ4n) is 1.27. The van der Waals surface area contributed by atoms with Gasteiger partial charge in [0.05, 0.1) is 5.56 Å². The summed E-state index contributed by atoms with van der Waals surface area (Å²) < 4.78 is 17.8. The number of carbonyl (C=O) groups excluding carboxylic acids is 1. The number of ether oxygens (including phenoxy) is 1. The lowest BCUT2D eigenvalue weighted by atomic mass is 10.2. The molecule has 16 heavy (non-hydrogen) atoms. The topological polar surface area (TPSA) is 26.3 Å². The third-order valence-electron chi connectivity index (χ3n) is 2.02. The Morgan fingerprint density at radius 3 is 2.44 bits per heavy atom. The molecule has 0 unspecified atom stereocenters. The monoisotopic (exact) mass is 216 g/mol. The quantitative estimate of drug-likeness (QED) is 0.569. The lowest BCUT2D eigenvalue weighted by Gasteiger charge is -2.03. The van der Waals surface area contributed by atoms with E-state index < -0.39 is 11.8 Å². The van der Waals surface area contributed by atoms with Gasteiger partial charge in [0.15, 0.2) is 0 Å². The van der Waals surface area contributed by atoms with Crippen molar-refractivity contribution in [1.82, 2.24) is 0 Å². The fraction of sp³-hybridized carbons (Fsp3) is 0. The molecule has 0 heterocycles. The standard InChI is InChI=1S/C13H9FO2/c14-11-7-4-8-12(9-11)16-13(15)10-5-2-1-3-6-10/h1-9H. The van der Waals surface area contributed by atoms with Gasteiger partial charge in [0.2, 0.25) is 0 Å². The van der Waals surface area contributed by atoms with Crippen molar-refractivity contribution in [3.05, 3.63) is 66.0 Å². The lowest BCUT2D eigenvalue weighted by molar-refractivity contribution is 0.0734. The number of esters is 1. The van der Waals surface area contributed by atoms with Gasteiger partial charge in [-0.25, -0.2) is 9.18 Å². The van der Waals surface area contributed by atoms with Gasteiger partial charge in [-0.15, -0.1) is 0 Å². The number of hydrogen-bond donors (Lipinski definition) is 0. The second-order valence-electron chi connectivity index (χ2n) is 3.21. The first-order chi connectivity index (χ1) is 7.75. The number of benzene rings is 2.